The van der Waals surface area contributed by atoms with Crippen molar-refractivity contribution < 1.29 is 4.79 Å². The first-order valence-electron chi connectivity index (χ1n) is 6.34. The van der Waals surface area contributed by atoms with Gasteiger partial charge in [-0.1, -0.05) is 25.1 Å². The Morgan fingerprint density at radius 1 is 1.47 bits per heavy atom. The van der Waals surface area contributed by atoms with E-state index in [0.717, 1.165) is 31.6 Å². The highest BCUT2D eigenvalue weighted by molar-refractivity contribution is 5.92. The van der Waals surface area contributed by atoms with Crippen molar-refractivity contribution in [3.8, 4) is 0 Å². The van der Waals surface area contributed by atoms with Crippen molar-refractivity contribution >= 4 is 11.6 Å². The molecule has 0 spiro atoms. The Kier molecular flexibility index (Phi) is 3.79. The second-order valence-corrected chi connectivity index (χ2v) is 4.52. The van der Waals surface area contributed by atoms with E-state index in [-0.39, 0.29) is 5.91 Å². The number of nitrogens with zero attached hydrogens (tertiary/aromatic N) is 1. The zero-order valence-corrected chi connectivity index (χ0v) is 10.6. The van der Waals surface area contributed by atoms with Gasteiger partial charge in [0.2, 0.25) is 5.91 Å². The summed E-state index contributed by atoms with van der Waals surface area (Å²) in [5.74, 6) is 0.131. The molecule has 2 rings (SSSR count). The highest BCUT2D eigenvalue weighted by atomic mass is 16.2. The standard InChI is InChI=1S/C14H20N2O/c1-3-9-15-13-8-10-16(11(2)17)14-7-5-4-6-12(13)14/h4-7,13,15H,3,8-10H2,1-2H3. The largest absolute Gasteiger partial charge is 0.312 e. The van der Waals surface area contributed by atoms with E-state index in [4.69, 9.17) is 0 Å². The van der Waals surface area contributed by atoms with E-state index in [0.29, 0.717) is 6.04 Å². The fourth-order valence-corrected chi connectivity index (χ4v) is 2.42. The van der Waals surface area contributed by atoms with Gasteiger partial charge in [-0.2, -0.15) is 0 Å². The number of carbonyl (C=O) groups excluding carboxylic acids is 1. The highest BCUT2D eigenvalue weighted by Gasteiger charge is 2.25. The molecule has 0 radical (unpaired) electrons. The summed E-state index contributed by atoms with van der Waals surface area (Å²) in [7, 11) is 0. The molecule has 1 aliphatic rings. The molecule has 1 N–H and O–H groups in total. The van der Waals surface area contributed by atoms with Crippen LogP contribution in [-0.4, -0.2) is 19.0 Å². The van der Waals surface area contributed by atoms with Crippen molar-refractivity contribution in [2.45, 2.75) is 32.7 Å². The summed E-state index contributed by atoms with van der Waals surface area (Å²) in [6, 6.07) is 8.59. The van der Waals surface area contributed by atoms with Crippen LogP contribution in [0.5, 0.6) is 0 Å². The molecule has 0 bridgehead atoms. The molecule has 92 valence electrons. The molecule has 0 fully saturated rings. The van der Waals surface area contributed by atoms with Crippen LogP contribution in [0.1, 0.15) is 38.3 Å². The van der Waals surface area contributed by atoms with Crippen LogP contribution < -0.4 is 10.2 Å². The van der Waals surface area contributed by atoms with E-state index < -0.39 is 0 Å². The lowest BCUT2D eigenvalue weighted by atomic mass is 9.96. The molecule has 1 atom stereocenters. The monoisotopic (exact) mass is 232 g/mol. The van der Waals surface area contributed by atoms with E-state index in [1.54, 1.807) is 6.92 Å². The van der Waals surface area contributed by atoms with Gasteiger partial charge in [-0.05, 0) is 31.0 Å². The predicted octanol–water partition coefficient (Wildman–Crippen LogP) is 2.48. The Labute approximate surface area is 103 Å². The zero-order valence-electron chi connectivity index (χ0n) is 10.6. The third-order valence-corrected chi connectivity index (χ3v) is 3.27. The maximum atomic E-state index is 11.6. The van der Waals surface area contributed by atoms with Crippen LogP contribution >= 0.6 is 0 Å². The summed E-state index contributed by atoms with van der Waals surface area (Å²) in [5, 5.41) is 3.55. The summed E-state index contributed by atoms with van der Waals surface area (Å²) in [4.78, 5) is 13.5. The van der Waals surface area contributed by atoms with Gasteiger partial charge >= 0.3 is 0 Å². The van der Waals surface area contributed by atoms with Gasteiger partial charge in [-0.15, -0.1) is 0 Å². The molecule has 3 heteroatoms. The summed E-state index contributed by atoms with van der Waals surface area (Å²) in [5.41, 5.74) is 2.32. The number of carbonyl (C=O) groups is 1. The molecule has 1 heterocycles. The quantitative estimate of drug-likeness (QED) is 0.868. The number of fused-ring (bicyclic) bond motifs is 1. The number of nitrogens with one attached hydrogen (secondary N) is 1. The second kappa shape index (κ2) is 5.32. The Balaban J connectivity index is 2.27. The molecule has 0 aliphatic carbocycles. The maximum Gasteiger partial charge on any atom is 0.223 e. The molecular formula is C14H20N2O. The average Bonchev–Trinajstić information content (AvgIpc) is 2.35. The molecule has 17 heavy (non-hydrogen) atoms. The van der Waals surface area contributed by atoms with Crippen LogP contribution in [-0.2, 0) is 4.79 Å². The smallest absolute Gasteiger partial charge is 0.223 e. The molecule has 0 saturated heterocycles. The minimum Gasteiger partial charge on any atom is -0.312 e. The number of anilines is 1. The van der Waals surface area contributed by atoms with Crippen LogP contribution in [0.4, 0.5) is 5.69 Å². The van der Waals surface area contributed by atoms with Crippen molar-refractivity contribution in [3.05, 3.63) is 29.8 Å². The molecule has 0 aromatic heterocycles. The number of benzene rings is 1. The summed E-state index contributed by atoms with van der Waals surface area (Å²) in [6.07, 6.45) is 2.13. The van der Waals surface area contributed by atoms with Crippen molar-refractivity contribution in [2.24, 2.45) is 0 Å². The number of para-hydroxylation sites is 1. The van der Waals surface area contributed by atoms with Gasteiger partial charge in [-0.3, -0.25) is 4.79 Å². The first-order chi connectivity index (χ1) is 8.24. The Morgan fingerprint density at radius 3 is 2.94 bits per heavy atom. The first-order valence-corrected chi connectivity index (χ1v) is 6.34. The van der Waals surface area contributed by atoms with Crippen molar-refractivity contribution in [2.75, 3.05) is 18.0 Å². The lowest BCUT2D eigenvalue weighted by molar-refractivity contribution is -0.116. The van der Waals surface area contributed by atoms with Gasteiger partial charge in [-0.25, -0.2) is 0 Å². The van der Waals surface area contributed by atoms with Crippen LogP contribution in [0.25, 0.3) is 0 Å². The summed E-state index contributed by atoms with van der Waals surface area (Å²) >= 11 is 0. The number of rotatable bonds is 3. The molecule has 1 aliphatic heterocycles. The van der Waals surface area contributed by atoms with Crippen LogP contribution in [0.2, 0.25) is 0 Å². The van der Waals surface area contributed by atoms with Crippen LogP contribution in [0.15, 0.2) is 24.3 Å². The molecule has 1 unspecified atom stereocenters. The van der Waals surface area contributed by atoms with Crippen LogP contribution in [0.3, 0.4) is 0 Å². The zero-order chi connectivity index (χ0) is 12.3. The summed E-state index contributed by atoms with van der Waals surface area (Å²) in [6.45, 7) is 5.65. The second-order valence-electron chi connectivity index (χ2n) is 4.52. The van der Waals surface area contributed by atoms with Gasteiger partial charge in [0, 0.05) is 25.2 Å². The fraction of sp³-hybridized carbons (Fsp3) is 0.500. The SMILES string of the molecule is CCCNC1CCN(C(C)=O)c2ccccc21. The van der Waals surface area contributed by atoms with Crippen molar-refractivity contribution in [1.29, 1.82) is 0 Å². The van der Waals surface area contributed by atoms with E-state index in [2.05, 4.69) is 18.3 Å². The first kappa shape index (κ1) is 12.1. The number of hydrogen-bond acceptors (Lipinski definition) is 2. The molecule has 0 saturated carbocycles. The topological polar surface area (TPSA) is 32.3 Å². The molecule has 1 amide bonds. The third-order valence-electron chi connectivity index (χ3n) is 3.27. The van der Waals surface area contributed by atoms with Gasteiger partial charge < -0.3 is 10.2 Å². The minimum atomic E-state index is 0.131. The highest BCUT2D eigenvalue weighted by Crippen LogP contribution is 2.33. The predicted molar refractivity (Wildman–Crippen MR) is 70.1 cm³/mol. The number of hydrogen-bond donors (Lipinski definition) is 1. The Morgan fingerprint density at radius 2 is 2.24 bits per heavy atom. The van der Waals surface area contributed by atoms with Crippen molar-refractivity contribution in [3.63, 3.8) is 0 Å². The molecule has 3 nitrogen and oxygen atoms in total. The third kappa shape index (κ3) is 2.50. The van der Waals surface area contributed by atoms with Gasteiger partial charge in [0.1, 0.15) is 0 Å². The average molecular weight is 232 g/mol. The van der Waals surface area contributed by atoms with Gasteiger partial charge in [0.05, 0.1) is 0 Å². The van der Waals surface area contributed by atoms with E-state index in [1.807, 2.05) is 23.1 Å². The maximum absolute atomic E-state index is 11.6. The molecule has 1 aromatic rings. The summed E-state index contributed by atoms with van der Waals surface area (Å²) < 4.78 is 0. The lowest BCUT2D eigenvalue weighted by Gasteiger charge is -2.34. The Hall–Kier alpha value is -1.35. The minimum absolute atomic E-state index is 0.131. The molecule has 1 aromatic carbocycles. The fourth-order valence-electron chi connectivity index (χ4n) is 2.42. The van der Waals surface area contributed by atoms with Crippen LogP contribution in [0, 0.1) is 0 Å². The molecular weight excluding hydrogens is 212 g/mol. The Bertz CT molecular complexity index is 403. The van der Waals surface area contributed by atoms with E-state index in [9.17, 15) is 4.79 Å². The normalized spacial score (nSPS) is 18.9. The van der Waals surface area contributed by atoms with E-state index in [1.165, 1.54) is 5.56 Å². The lowest BCUT2D eigenvalue weighted by Crippen LogP contribution is -2.38. The van der Waals surface area contributed by atoms with E-state index >= 15 is 0 Å². The van der Waals surface area contributed by atoms with Gasteiger partial charge in [0.15, 0.2) is 0 Å². The van der Waals surface area contributed by atoms with Crippen molar-refractivity contribution in [1.82, 2.24) is 5.32 Å². The van der Waals surface area contributed by atoms with Gasteiger partial charge in [0.25, 0.3) is 0 Å². The number of amides is 1.